The Bertz CT molecular complexity index is 214. The zero-order valence-electron chi connectivity index (χ0n) is 8.10. The third-order valence-corrected chi connectivity index (χ3v) is 6.80. The Hall–Kier alpha value is 1.11. The Morgan fingerprint density at radius 1 is 1.23 bits per heavy atom. The van der Waals surface area contributed by atoms with Gasteiger partial charge in [-0.15, -0.1) is 4.52 Å². The van der Waals surface area contributed by atoms with Crippen molar-refractivity contribution in [2.24, 2.45) is 0 Å². The predicted molar refractivity (Wildman–Crippen MR) is 64.8 cm³/mol. The summed E-state index contributed by atoms with van der Waals surface area (Å²) in [5.41, 5.74) is 0. The van der Waals surface area contributed by atoms with Crippen molar-refractivity contribution in [3.63, 3.8) is 0 Å². The molecular weight excluding hydrogens is 243 g/mol. The number of hydrogen-bond acceptors (Lipinski definition) is 4. The van der Waals surface area contributed by atoms with Crippen LogP contribution in [0.4, 0.5) is 0 Å². The molecule has 2 nitrogen and oxygen atoms in total. The summed E-state index contributed by atoms with van der Waals surface area (Å²) in [4.78, 5) is 0. The molecule has 0 saturated carbocycles. The molecule has 6 heteroatoms. The van der Waals surface area contributed by atoms with E-state index in [4.69, 9.17) is 4.52 Å². The monoisotopic (exact) mass is 257 g/mol. The molecule has 0 aliphatic carbocycles. The minimum absolute atomic E-state index is 0.00188. The van der Waals surface area contributed by atoms with Gasteiger partial charge in [-0.3, -0.25) is 0 Å². The first-order valence-electron chi connectivity index (χ1n) is 3.95. The average Bonchev–Trinajstić information content (AvgIpc) is 2.12. The Kier molecular flexibility index (Phi) is 3.69. The summed E-state index contributed by atoms with van der Waals surface area (Å²) >= 11 is 3.80. The van der Waals surface area contributed by atoms with Gasteiger partial charge in [0.15, 0.2) is 0 Å². The van der Waals surface area contributed by atoms with Gasteiger partial charge in [-0.2, -0.15) is 0 Å². The van der Waals surface area contributed by atoms with Crippen LogP contribution in [0, 0.1) is 0 Å². The van der Waals surface area contributed by atoms with Gasteiger partial charge in [-0.25, -0.2) is 0 Å². The van der Waals surface area contributed by atoms with E-state index in [2.05, 4.69) is 39.9 Å². The highest BCUT2D eigenvalue weighted by Crippen LogP contribution is 2.59. The maximum absolute atomic E-state index is 10.9. The standard InChI is InChI=1S/C7H13O2PS3/c1-6(2)5(9-10(8)11)7(3,4)13-12-6/h5H,1-4H3/p+1. The highest BCUT2D eigenvalue weighted by Gasteiger charge is 2.53. The second-order valence-corrected chi connectivity index (χ2v) is 9.20. The van der Waals surface area contributed by atoms with Crippen LogP contribution in [0.3, 0.4) is 0 Å². The van der Waals surface area contributed by atoms with Crippen LogP contribution in [-0.2, 0) is 9.09 Å². The summed E-state index contributed by atoms with van der Waals surface area (Å²) in [7, 11) is 1.76. The fourth-order valence-electron chi connectivity index (χ4n) is 1.48. The van der Waals surface area contributed by atoms with Crippen LogP contribution >= 0.6 is 41.1 Å². The highest BCUT2D eigenvalue weighted by atomic mass is 33.1. The fraction of sp³-hybridized carbons (Fsp3) is 1.00. The van der Waals surface area contributed by atoms with Crippen molar-refractivity contribution in [2.75, 3.05) is 0 Å². The maximum Gasteiger partial charge on any atom is 0.582 e. The molecule has 0 aromatic carbocycles. The first kappa shape index (κ1) is 12.2. The molecule has 0 radical (unpaired) electrons. The lowest BCUT2D eigenvalue weighted by Gasteiger charge is -2.26. The molecule has 1 heterocycles. The molecule has 1 aliphatic heterocycles. The van der Waals surface area contributed by atoms with Crippen molar-refractivity contribution in [3.8, 4) is 0 Å². The van der Waals surface area contributed by atoms with Gasteiger partial charge < -0.3 is 0 Å². The van der Waals surface area contributed by atoms with Gasteiger partial charge in [-0.1, -0.05) is 21.6 Å². The zero-order valence-corrected chi connectivity index (χ0v) is 11.5. The minimum atomic E-state index is -1.81. The summed E-state index contributed by atoms with van der Waals surface area (Å²) in [5, 5.41) is 0. The van der Waals surface area contributed by atoms with Crippen molar-refractivity contribution >= 4 is 41.1 Å². The summed E-state index contributed by atoms with van der Waals surface area (Å²) in [6.07, 6.45) is -0.0175. The first-order valence-corrected chi connectivity index (χ1v) is 8.43. The van der Waals surface area contributed by atoms with Crippen LogP contribution in [0.1, 0.15) is 27.7 Å². The van der Waals surface area contributed by atoms with E-state index in [-0.39, 0.29) is 15.6 Å². The lowest BCUT2D eigenvalue weighted by atomic mass is 9.95. The number of thiol groups is 1. The fourth-order valence-corrected chi connectivity index (χ4v) is 5.79. The zero-order chi connectivity index (χ0) is 10.3. The van der Waals surface area contributed by atoms with E-state index in [1.165, 1.54) is 0 Å². The van der Waals surface area contributed by atoms with Crippen LogP contribution in [0.25, 0.3) is 0 Å². The minimum Gasteiger partial charge on any atom is -0.130 e. The Morgan fingerprint density at radius 2 is 1.62 bits per heavy atom. The molecule has 1 unspecified atom stereocenters. The smallest absolute Gasteiger partial charge is 0.130 e. The normalized spacial score (nSPS) is 27.6. The van der Waals surface area contributed by atoms with Crippen molar-refractivity contribution in [2.45, 2.75) is 43.3 Å². The molecule has 0 spiro atoms. The second-order valence-electron chi connectivity index (χ2n) is 4.10. The first-order chi connectivity index (χ1) is 5.76. The molecule has 76 valence electrons. The summed E-state index contributed by atoms with van der Waals surface area (Å²) < 4.78 is 16.3. The van der Waals surface area contributed by atoms with Crippen molar-refractivity contribution in [1.82, 2.24) is 0 Å². The molecule has 1 aliphatic rings. The molecule has 0 aromatic rings. The Balaban J connectivity index is 2.81. The van der Waals surface area contributed by atoms with E-state index in [1.807, 2.05) is 0 Å². The number of hydrogen-bond donors (Lipinski definition) is 1. The van der Waals surface area contributed by atoms with E-state index in [9.17, 15) is 4.57 Å². The molecule has 0 aromatic heterocycles. The third-order valence-electron chi connectivity index (χ3n) is 1.93. The van der Waals surface area contributed by atoms with Crippen LogP contribution in [0.5, 0.6) is 0 Å². The predicted octanol–water partition coefficient (Wildman–Crippen LogP) is 3.91. The van der Waals surface area contributed by atoms with Gasteiger partial charge >= 0.3 is 7.23 Å². The summed E-state index contributed by atoms with van der Waals surface area (Å²) in [6, 6.07) is 0. The highest BCUT2D eigenvalue weighted by molar-refractivity contribution is 8.78. The maximum atomic E-state index is 10.9. The van der Waals surface area contributed by atoms with Crippen LogP contribution in [-0.4, -0.2) is 15.6 Å². The quantitative estimate of drug-likeness (QED) is 0.461. The third kappa shape index (κ3) is 2.78. The molecule has 1 fully saturated rings. The molecule has 0 N–H and O–H groups in total. The lowest BCUT2D eigenvalue weighted by Crippen LogP contribution is -2.41. The second kappa shape index (κ2) is 3.93. The van der Waals surface area contributed by atoms with Gasteiger partial charge in [0, 0.05) is 0 Å². The van der Waals surface area contributed by atoms with E-state index in [1.54, 1.807) is 21.6 Å². The van der Waals surface area contributed by atoms with Crippen molar-refractivity contribution in [3.05, 3.63) is 0 Å². The van der Waals surface area contributed by atoms with Crippen molar-refractivity contribution < 1.29 is 9.09 Å². The lowest BCUT2D eigenvalue weighted by molar-refractivity contribution is 0.157. The summed E-state index contributed by atoms with van der Waals surface area (Å²) in [6.45, 7) is 8.43. The SMILES string of the molecule is CC1(C)SSC(C)(C)C1O[P+](=O)S. The van der Waals surface area contributed by atoms with E-state index >= 15 is 0 Å². The van der Waals surface area contributed by atoms with E-state index < -0.39 is 7.23 Å². The number of rotatable bonds is 2. The topological polar surface area (TPSA) is 26.3 Å². The van der Waals surface area contributed by atoms with Crippen molar-refractivity contribution in [1.29, 1.82) is 0 Å². The van der Waals surface area contributed by atoms with E-state index in [0.717, 1.165) is 0 Å². The van der Waals surface area contributed by atoms with Gasteiger partial charge in [0.25, 0.3) is 0 Å². The van der Waals surface area contributed by atoms with E-state index in [0.29, 0.717) is 0 Å². The Morgan fingerprint density at radius 3 is 1.92 bits per heavy atom. The molecule has 1 atom stereocenters. The molecule has 1 saturated heterocycles. The molecular formula is C7H14O2PS3+. The van der Waals surface area contributed by atoms with Gasteiger partial charge in [0.1, 0.15) is 18.4 Å². The van der Waals surface area contributed by atoms with Gasteiger partial charge in [0.05, 0.1) is 9.49 Å². The molecule has 13 heavy (non-hydrogen) atoms. The van der Waals surface area contributed by atoms with Crippen LogP contribution in [0.2, 0.25) is 0 Å². The largest absolute Gasteiger partial charge is 0.582 e. The average molecular weight is 257 g/mol. The van der Waals surface area contributed by atoms with Gasteiger partial charge in [0.2, 0.25) is 0 Å². The Labute approximate surface area is 93.4 Å². The molecule has 0 bridgehead atoms. The van der Waals surface area contributed by atoms with Crippen LogP contribution in [0.15, 0.2) is 0 Å². The molecule has 0 amide bonds. The van der Waals surface area contributed by atoms with Crippen LogP contribution < -0.4 is 0 Å². The summed E-state index contributed by atoms with van der Waals surface area (Å²) in [5.74, 6) is 0. The van der Waals surface area contributed by atoms with Gasteiger partial charge in [-0.05, 0) is 32.3 Å². The molecule has 1 rings (SSSR count).